The Morgan fingerprint density at radius 2 is 2.20 bits per heavy atom. The molecule has 3 N–H and O–H groups in total. The summed E-state index contributed by atoms with van der Waals surface area (Å²) in [4.78, 5) is 34.4. The standard InChI is InChI=1S/C21H21N7O2/c1-3-28-16-7-5-4-6-14(16)25-19(28)13(10-22)18-12(2)11-23-21(26-18)27-20(30)15-8-9-17(29)24-15/h4-7,11,15,25H,3,8-9H2,1-2H3,(H,24,29)(H,23,26,27,30)/b19-13+/t15-/m0/s1. The molecule has 0 aliphatic carbocycles. The zero-order valence-corrected chi connectivity index (χ0v) is 16.7. The number of allylic oxidation sites excluding steroid dienone is 1. The monoisotopic (exact) mass is 403 g/mol. The van der Waals surface area contributed by atoms with Gasteiger partial charge < -0.3 is 15.5 Å². The van der Waals surface area contributed by atoms with Gasteiger partial charge in [-0.2, -0.15) is 5.26 Å². The van der Waals surface area contributed by atoms with Crippen molar-refractivity contribution in [3.63, 3.8) is 0 Å². The zero-order valence-electron chi connectivity index (χ0n) is 16.7. The molecule has 2 aliphatic rings. The van der Waals surface area contributed by atoms with Crippen LogP contribution in [-0.2, 0) is 9.59 Å². The van der Waals surface area contributed by atoms with Crippen molar-refractivity contribution in [2.24, 2.45) is 0 Å². The van der Waals surface area contributed by atoms with Gasteiger partial charge in [-0.15, -0.1) is 0 Å². The van der Waals surface area contributed by atoms with Crippen LogP contribution in [0.2, 0.25) is 0 Å². The fourth-order valence-corrected chi connectivity index (χ4v) is 3.64. The van der Waals surface area contributed by atoms with Crippen molar-refractivity contribution in [3.05, 3.63) is 47.5 Å². The number of aryl methyl sites for hydroxylation is 1. The molecule has 2 aromatic rings. The summed E-state index contributed by atoms with van der Waals surface area (Å²) in [6, 6.07) is 9.48. The molecule has 9 nitrogen and oxygen atoms in total. The van der Waals surface area contributed by atoms with E-state index in [1.807, 2.05) is 43.0 Å². The third kappa shape index (κ3) is 3.43. The molecular formula is C21H21N7O2. The van der Waals surface area contributed by atoms with Crippen molar-refractivity contribution in [2.45, 2.75) is 32.7 Å². The average molecular weight is 403 g/mol. The number of aromatic nitrogens is 2. The molecule has 0 radical (unpaired) electrons. The Morgan fingerprint density at radius 1 is 1.40 bits per heavy atom. The number of nitrogens with one attached hydrogen (secondary N) is 3. The van der Waals surface area contributed by atoms with E-state index in [1.165, 1.54) is 0 Å². The summed E-state index contributed by atoms with van der Waals surface area (Å²) >= 11 is 0. The quantitative estimate of drug-likeness (QED) is 0.668. The van der Waals surface area contributed by atoms with Crippen LogP contribution in [0.3, 0.4) is 0 Å². The molecule has 1 saturated heterocycles. The largest absolute Gasteiger partial charge is 0.344 e. The molecule has 0 spiro atoms. The van der Waals surface area contributed by atoms with Crippen molar-refractivity contribution in [3.8, 4) is 6.07 Å². The second kappa shape index (κ2) is 7.83. The molecule has 30 heavy (non-hydrogen) atoms. The number of carbonyl (C=O) groups is 2. The third-order valence-corrected chi connectivity index (χ3v) is 5.14. The number of fused-ring (bicyclic) bond motifs is 1. The third-order valence-electron chi connectivity index (χ3n) is 5.14. The van der Waals surface area contributed by atoms with Gasteiger partial charge in [0.2, 0.25) is 17.8 Å². The number of rotatable bonds is 4. The first-order valence-corrected chi connectivity index (χ1v) is 9.74. The number of hydrogen-bond donors (Lipinski definition) is 3. The lowest BCUT2D eigenvalue weighted by Crippen LogP contribution is -2.37. The minimum absolute atomic E-state index is 0.0914. The Kier molecular flexibility index (Phi) is 5.06. The number of nitrogens with zero attached hydrogens (tertiary/aromatic N) is 4. The summed E-state index contributed by atoms with van der Waals surface area (Å²) in [5.74, 6) is 0.212. The minimum Gasteiger partial charge on any atom is -0.344 e. The molecule has 0 saturated carbocycles. The van der Waals surface area contributed by atoms with E-state index in [0.717, 1.165) is 11.4 Å². The van der Waals surface area contributed by atoms with Crippen molar-refractivity contribution in [1.82, 2.24) is 15.3 Å². The van der Waals surface area contributed by atoms with Gasteiger partial charge in [0.25, 0.3) is 0 Å². The lowest BCUT2D eigenvalue weighted by molar-refractivity contribution is -0.122. The van der Waals surface area contributed by atoms with E-state index in [2.05, 4.69) is 32.0 Å². The maximum atomic E-state index is 12.4. The van der Waals surface area contributed by atoms with Gasteiger partial charge in [0.1, 0.15) is 23.5 Å². The fraction of sp³-hybridized carbons (Fsp3) is 0.286. The number of carbonyl (C=O) groups excluding carboxylic acids is 2. The van der Waals surface area contributed by atoms with Crippen molar-refractivity contribution in [2.75, 3.05) is 22.1 Å². The molecule has 4 rings (SSSR count). The summed E-state index contributed by atoms with van der Waals surface area (Å²) < 4.78 is 0. The first-order chi connectivity index (χ1) is 14.5. The first-order valence-electron chi connectivity index (χ1n) is 9.74. The second-order valence-corrected chi connectivity index (χ2v) is 7.10. The van der Waals surface area contributed by atoms with Crippen LogP contribution in [0.15, 0.2) is 36.3 Å². The van der Waals surface area contributed by atoms with Crippen LogP contribution in [0.25, 0.3) is 5.57 Å². The Morgan fingerprint density at radius 3 is 2.90 bits per heavy atom. The van der Waals surface area contributed by atoms with Gasteiger partial charge in [0.05, 0.1) is 17.1 Å². The fourth-order valence-electron chi connectivity index (χ4n) is 3.64. The summed E-state index contributed by atoms with van der Waals surface area (Å²) in [7, 11) is 0. The number of hydrogen-bond acceptors (Lipinski definition) is 7. The number of nitriles is 1. The molecule has 0 unspecified atom stereocenters. The highest BCUT2D eigenvalue weighted by Crippen LogP contribution is 2.38. The van der Waals surface area contributed by atoms with Gasteiger partial charge in [-0.3, -0.25) is 14.9 Å². The molecule has 9 heteroatoms. The molecule has 152 valence electrons. The molecule has 3 heterocycles. The molecule has 1 aromatic carbocycles. The van der Waals surface area contributed by atoms with Gasteiger partial charge >= 0.3 is 0 Å². The summed E-state index contributed by atoms with van der Waals surface area (Å²) in [5.41, 5.74) is 3.41. The lowest BCUT2D eigenvalue weighted by atomic mass is 10.1. The topological polar surface area (TPSA) is 123 Å². The predicted molar refractivity (Wildman–Crippen MR) is 112 cm³/mol. The van der Waals surface area contributed by atoms with Gasteiger partial charge in [0, 0.05) is 19.2 Å². The Hall–Kier alpha value is -3.93. The molecule has 1 aromatic heterocycles. The van der Waals surface area contributed by atoms with E-state index in [-0.39, 0.29) is 17.8 Å². The van der Waals surface area contributed by atoms with Crippen molar-refractivity contribution < 1.29 is 9.59 Å². The summed E-state index contributed by atoms with van der Waals surface area (Å²) in [6.07, 6.45) is 2.33. The summed E-state index contributed by atoms with van der Waals surface area (Å²) in [5, 5.41) is 18.5. The Balaban J connectivity index is 1.68. The molecular weight excluding hydrogens is 382 g/mol. The van der Waals surface area contributed by atoms with E-state index in [9.17, 15) is 14.9 Å². The van der Waals surface area contributed by atoms with Crippen LogP contribution in [0.4, 0.5) is 17.3 Å². The van der Waals surface area contributed by atoms with E-state index in [4.69, 9.17) is 0 Å². The van der Waals surface area contributed by atoms with Crippen LogP contribution in [-0.4, -0.2) is 34.4 Å². The molecule has 0 bridgehead atoms. The maximum Gasteiger partial charge on any atom is 0.249 e. The van der Waals surface area contributed by atoms with Crippen LogP contribution in [0.1, 0.15) is 31.0 Å². The van der Waals surface area contributed by atoms with Crippen molar-refractivity contribution >= 4 is 34.7 Å². The van der Waals surface area contributed by atoms with E-state index in [0.29, 0.717) is 42.0 Å². The van der Waals surface area contributed by atoms with Crippen molar-refractivity contribution in [1.29, 1.82) is 5.26 Å². The smallest absolute Gasteiger partial charge is 0.249 e. The first kappa shape index (κ1) is 19.4. The van der Waals surface area contributed by atoms with Gasteiger partial charge in [0.15, 0.2) is 0 Å². The predicted octanol–water partition coefficient (Wildman–Crippen LogP) is 2.15. The Labute approximate surface area is 173 Å². The molecule has 2 aliphatic heterocycles. The second-order valence-electron chi connectivity index (χ2n) is 7.10. The van der Waals surface area contributed by atoms with E-state index >= 15 is 0 Å². The van der Waals surface area contributed by atoms with Crippen LogP contribution in [0, 0.1) is 18.3 Å². The van der Waals surface area contributed by atoms with Crippen LogP contribution in [0.5, 0.6) is 0 Å². The highest BCUT2D eigenvalue weighted by molar-refractivity contribution is 5.98. The van der Waals surface area contributed by atoms with Gasteiger partial charge in [-0.05, 0) is 38.0 Å². The lowest BCUT2D eigenvalue weighted by Gasteiger charge is -2.19. The van der Waals surface area contributed by atoms with Gasteiger partial charge in [-0.25, -0.2) is 9.97 Å². The van der Waals surface area contributed by atoms with Crippen LogP contribution < -0.4 is 20.9 Å². The number of para-hydroxylation sites is 2. The number of amides is 2. The maximum absolute atomic E-state index is 12.4. The van der Waals surface area contributed by atoms with Gasteiger partial charge in [-0.1, -0.05) is 12.1 Å². The number of benzene rings is 1. The molecule has 1 atom stereocenters. The van der Waals surface area contributed by atoms with Crippen LogP contribution >= 0.6 is 0 Å². The SMILES string of the molecule is CCN1/C(=C(\C#N)c2nc(NC(=O)[C@@H]3CCC(=O)N3)ncc2C)Nc2ccccc21. The average Bonchev–Trinajstić information content (AvgIpc) is 3.34. The number of anilines is 3. The minimum atomic E-state index is -0.596. The molecule has 2 amide bonds. The van der Waals surface area contributed by atoms with E-state index < -0.39 is 6.04 Å². The zero-order chi connectivity index (χ0) is 21.3. The summed E-state index contributed by atoms with van der Waals surface area (Å²) in [6.45, 7) is 4.49. The highest BCUT2D eigenvalue weighted by Gasteiger charge is 2.29. The molecule has 1 fully saturated rings. The highest BCUT2D eigenvalue weighted by atomic mass is 16.2. The normalized spacial score (nSPS) is 18.9. The van der Waals surface area contributed by atoms with E-state index in [1.54, 1.807) is 6.20 Å². The Bertz CT molecular complexity index is 1100.